The Morgan fingerprint density at radius 2 is 1.94 bits per heavy atom. The average Bonchev–Trinajstić information content (AvgIpc) is 2.31. The van der Waals surface area contributed by atoms with Crippen LogP contribution in [0.3, 0.4) is 0 Å². The molecule has 1 aromatic rings. The molecule has 2 nitrogen and oxygen atoms in total. The summed E-state index contributed by atoms with van der Waals surface area (Å²) >= 11 is 12.1. The summed E-state index contributed by atoms with van der Waals surface area (Å²) in [6, 6.07) is 3.43. The summed E-state index contributed by atoms with van der Waals surface area (Å²) in [5, 5.41) is 11.5. The van der Waals surface area contributed by atoms with Crippen molar-refractivity contribution in [2.75, 3.05) is 0 Å². The zero-order chi connectivity index (χ0) is 12.0. The lowest BCUT2D eigenvalue weighted by molar-refractivity contribution is -0.0230. The van der Waals surface area contributed by atoms with Crippen molar-refractivity contribution in [2.24, 2.45) is 5.92 Å². The number of hydrogen-bond donors (Lipinski definition) is 1. The maximum Gasteiger partial charge on any atom is 0.144 e. The van der Waals surface area contributed by atoms with Crippen molar-refractivity contribution in [2.45, 2.75) is 37.9 Å². The van der Waals surface area contributed by atoms with E-state index in [9.17, 15) is 5.11 Å². The van der Waals surface area contributed by atoms with Crippen molar-refractivity contribution in [3.63, 3.8) is 0 Å². The van der Waals surface area contributed by atoms with Crippen LogP contribution in [0.15, 0.2) is 12.1 Å². The van der Waals surface area contributed by atoms with E-state index in [2.05, 4.69) is 0 Å². The minimum Gasteiger partial charge on any atom is -0.488 e. The van der Waals surface area contributed by atoms with E-state index in [1.165, 1.54) is 0 Å². The molecule has 0 amide bonds. The smallest absolute Gasteiger partial charge is 0.144 e. The SMILES string of the molecule is O[C@H]1c2cc(Cl)cc(Cl)c2O[C@H]2CCCC[C@H]21. The van der Waals surface area contributed by atoms with Crippen LogP contribution in [-0.2, 0) is 0 Å². The van der Waals surface area contributed by atoms with Gasteiger partial charge in [-0.25, -0.2) is 0 Å². The molecule has 0 radical (unpaired) electrons. The highest BCUT2D eigenvalue weighted by Crippen LogP contribution is 2.47. The van der Waals surface area contributed by atoms with Gasteiger partial charge in [0.05, 0.1) is 11.1 Å². The molecule has 0 bridgehead atoms. The minimum atomic E-state index is -0.500. The van der Waals surface area contributed by atoms with Crippen LogP contribution in [0.2, 0.25) is 10.0 Å². The van der Waals surface area contributed by atoms with Gasteiger partial charge in [-0.05, 0) is 31.4 Å². The molecular formula is C13H14Cl2O2. The molecule has 17 heavy (non-hydrogen) atoms. The predicted octanol–water partition coefficient (Wildman–Crippen LogP) is 3.98. The molecule has 1 fully saturated rings. The van der Waals surface area contributed by atoms with Crippen LogP contribution in [-0.4, -0.2) is 11.2 Å². The number of hydrogen-bond acceptors (Lipinski definition) is 2. The number of fused-ring (bicyclic) bond motifs is 2. The summed E-state index contributed by atoms with van der Waals surface area (Å²) in [6.07, 6.45) is 3.93. The molecule has 0 spiro atoms. The van der Waals surface area contributed by atoms with Crippen molar-refractivity contribution in [1.82, 2.24) is 0 Å². The second-order valence-electron chi connectivity index (χ2n) is 4.86. The standard InChI is InChI=1S/C13H14Cl2O2/c14-7-5-9-12(16)8-3-1-2-4-11(8)17-13(9)10(15)6-7/h5-6,8,11-12,16H,1-4H2/t8-,11+,12-/m1/s1. The van der Waals surface area contributed by atoms with Crippen LogP contribution in [0.1, 0.15) is 37.4 Å². The van der Waals surface area contributed by atoms with E-state index in [-0.39, 0.29) is 12.0 Å². The molecule has 3 rings (SSSR count). The van der Waals surface area contributed by atoms with Crippen molar-refractivity contribution in [1.29, 1.82) is 0 Å². The van der Waals surface area contributed by atoms with Gasteiger partial charge in [0.15, 0.2) is 0 Å². The van der Waals surface area contributed by atoms with Crippen molar-refractivity contribution in [3.05, 3.63) is 27.7 Å². The van der Waals surface area contributed by atoms with Gasteiger partial charge < -0.3 is 9.84 Å². The molecule has 2 aliphatic rings. The van der Waals surface area contributed by atoms with E-state index < -0.39 is 6.10 Å². The molecule has 1 aliphatic carbocycles. The first-order valence-electron chi connectivity index (χ1n) is 6.00. The first-order valence-corrected chi connectivity index (χ1v) is 6.76. The van der Waals surface area contributed by atoms with Crippen LogP contribution in [0.5, 0.6) is 5.75 Å². The van der Waals surface area contributed by atoms with E-state index in [0.717, 1.165) is 31.2 Å². The average molecular weight is 273 g/mol. The first-order chi connectivity index (χ1) is 8.16. The summed E-state index contributed by atoms with van der Waals surface area (Å²) in [4.78, 5) is 0. The van der Waals surface area contributed by atoms with E-state index >= 15 is 0 Å². The van der Waals surface area contributed by atoms with Crippen molar-refractivity contribution in [3.8, 4) is 5.75 Å². The Morgan fingerprint density at radius 3 is 2.76 bits per heavy atom. The molecule has 0 saturated heterocycles. The van der Waals surface area contributed by atoms with E-state index in [0.29, 0.717) is 15.8 Å². The Kier molecular flexibility index (Phi) is 2.97. The third-order valence-electron chi connectivity index (χ3n) is 3.78. The molecule has 3 atom stereocenters. The number of rotatable bonds is 0. The van der Waals surface area contributed by atoms with E-state index in [1.54, 1.807) is 12.1 Å². The molecule has 1 aliphatic heterocycles. The molecule has 0 unspecified atom stereocenters. The van der Waals surface area contributed by atoms with Crippen LogP contribution in [0.4, 0.5) is 0 Å². The summed E-state index contributed by atoms with van der Waals surface area (Å²) in [5.74, 6) is 0.803. The lowest BCUT2D eigenvalue weighted by Crippen LogP contribution is -2.38. The molecule has 1 saturated carbocycles. The largest absolute Gasteiger partial charge is 0.488 e. The minimum absolute atomic E-state index is 0.102. The Labute approximate surface area is 110 Å². The van der Waals surface area contributed by atoms with Crippen molar-refractivity contribution < 1.29 is 9.84 Å². The van der Waals surface area contributed by atoms with Crippen molar-refractivity contribution >= 4 is 23.2 Å². The van der Waals surface area contributed by atoms with Gasteiger partial charge in [-0.3, -0.25) is 0 Å². The Bertz CT molecular complexity index is 447. The van der Waals surface area contributed by atoms with Gasteiger partial charge in [0, 0.05) is 16.5 Å². The van der Waals surface area contributed by atoms with Gasteiger partial charge >= 0.3 is 0 Å². The molecule has 1 aromatic carbocycles. The number of aliphatic hydroxyl groups excluding tert-OH is 1. The van der Waals surface area contributed by atoms with Gasteiger partial charge in [0.1, 0.15) is 11.9 Å². The highest BCUT2D eigenvalue weighted by atomic mass is 35.5. The zero-order valence-corrected chi connectivity index (χ0v) is 10.8. The first kappa shape index (κ1) is 11.6. The van der Waals surface area contributed by atoms with Crippen LogP contribution in [0, 0.1) is 5.92 Å². The van der Waals surface area contributed by atoms with Gasteiger partial charge in [-0.15, -0.1) is 0 Å². The summed E-state index contributed by atoms with van der Waals surface area (Å²) in [5.41, 5.74) is 0.741. The molecular weight excluding hydrogens is 259 g/mol. The molecule has 0 aromatic heterocycles. The highest BCUT2D eigenvalue weighted by molar-refractivity contribution is 6.35. The maximum absolute atomic E-state index is 10.4. The third kappa shape index (κ3) is 1.92. The highest BCUT2D eigenvalue weighted by Gasteiger charge is 2.39. The molecule has 1 N–H and O–H groups in total. The van der Waals surface area contributed by atoms with Gasteiger partial charge in [0.25, 0.3) is 0 Å². The second kappa shape index (κ2) is 4.34. The predicted molar refractivity (Wildman–Crippen MR) is 67.8 cm³/mol. The van der Waals surface area contributed by atoms with E-state index in [4.69, 9.17) is 27.9 Å². The molecule has 92 valence electrons. The fourth-order valence-electron chi connectivity index (χ4n) is 2.94. The molecule has 4 heteroatoms. The zero-order valence-electron chi connectivity index (χ0n) is 9.33. The summed E-state index contributed by atoms with van der Waals surface area (Å²) in [7, 11) is 0. The van der Waals surface area contributed by atoms with E-state index in [1.807, 2.05) is 0 Å². The maximum atomic E-state index is 10.4. The topological polar surface area (TPSA) is 29.5 Å². The van der Waals surface area contributed by atoms with Crippen LogP contribution >= 0.6 is 23.2 Å². The lowest BCUT2D eigenvalue weighted by Gasteiger charge is -2.40. The Morgan fingerprint density at radius 1 is 1.18 bits per heavy atom. The number of ether oxygens (including phenoxy) is 1. The quantitative estimate of drug-likeness (QED) is 0.774. The lowest BCUT2D eigenvalue weighted by atomic mass is 9.78. The van der Waals surface area contributed by atoms with Gasteiger partial charge in [-0.2, -0.15) is 0 Å². The fourth-order valence-corrected chi connectivity index (χ4v) is 3.49. The molecule has 1 heterocycles. The Balaban J connectivity index is 2.05. The van der Waals surface area contributed by atoms with Crippen LogP contribution < -0.4 is 4.74 Å². The monoisotopic (exact) mass is 272 g/mol. The summed E-state index contributed by atoms with van der Waals surface area (Å²) in [6.45, 7) is 0. The van der Waals surface area contributed by atoms with Crippen LogP contribution in [0.25, 0.3) is 0 Å². The number of halogens is 2. The second-order valence-corrected chi connectivity index (χ2v) is 5.70. The van der Waals surface area contributed by atoms with Gasteiger partial charge in [0.2, 0.25) is 0 Å². The van der Waals surface area contributed by atoms with Gasteiger partial charge in [-0.1, -0.05) is 29.6 Å². The third-order valence-corrected chi connectivity index (χ3v) is 4.28. The number of benzene rings is 1. The summed E-state index contributed by atoms with van der Waals surface area (Å²) < 4.78 is 5.94. The number of aliphatic hydroxyl groups is 1. The Hall–Kier alpha value is -0.440. The fraction of sp³-hybridized carbons (Fsp3) is 0.538. The normalized spacial score (nSPS) is 31.4.